The van der Waals surface area contributed by atoms with Gasteiger partial charge in [0.2, 0.25) is 5.78 Å². The number of rotatable bonds is 4. The molecule has 6 nitrogen and oxygen atoms in total. The molecule has 2 aromatic heterocycles. The average Bonchev–Trinajstić information content (AvgIpc) is 3.17. The number of ether oxygens (including phenoxy) is 1. The fourth-order valence-corrected chi connectivity index (χ4v) is 4.28. The first-order valence-corrected chi connectivity index (χ1v) is 10.5. The van der Waals surface area contributed by atoms with Crippen molar-refractivity contribution in [3.05, 3.63) is 71.9 Å². The summed E-state index contributed by atoms with van der Waals surface area (Å²) in [5.41, 5.74) is 3.61. The average molecular weight is 400 g/mol. The van der Waals surface area contributed by atoms with Crippen LogP contribution in [0.25, 0.3) is 16.8 Å². The zero-order chi connectivity index (χ0) is 20.5. The van der Waals surface area contributed by atoms with Crippen molar-refractivity contribution in [3.8, 4) is 0 Å². The first-order valence-electron chi connectivity index (χ1n) is 10.5. The third-order valence-electron chi connectivity index (χ3n) is 5.86. The normalized spacial score (nSPS) is 15.0. The van der Waals surface area contributed by atoms with Crippen LogP contribution in [0.15, 0.2) is 60.8 Å². The largest absolute Gasteiger partial charge is 0.462 e. The van der Waals surface area contributed by atoms with Crippen molar-refractivity contribution in [1.82, 2.24) is 14.4 Å². The van der Waals surface area contributed by atoms with Crippen LogP contribution >= 0.6 is 0 Å². The van der Waals surface area contributed by atoms with Gasteiger partial charge in [-0.05, 0) is 55.5 Å². The van der Waals surface area contributed by atoms with Crippen molar-refractivity contribution in [2.24, 2.45) is 0 Å². The number of hydrogen-bond donors (Lipinski definition) is 0. The standard InChI is InChI=1S/C24H24N4O2/c1-2-30-23(29)19-8-9-21-20(16-19)25-24-26-22(12-15-28(21)24)27-13-10-18(11-14-27)17-6-4-3-5-7-17/h3-9,12,15-16,18H,2,10-11,13-14H2,1H3. The zero-order valence-electron chi connectivity index (χ0n) is 17.0. The molecule has 0 spiro atoms. The molecule has 2 aromatic carbocycles. The molecule has 0 bridgehead atoms. The number of carbonyl (C=O) groups excluding carboxylic acids is 1. The van der Waals surface area contributed by atoms with Gasteiger partial charge in [-0.2, -0.15) is 4.98 Å². The number of benzene rings is 2. The van der Waals surface area contributed by atoms with Crippen molar-refractivity contribution in [1.29, 1.82) is 0 Å². The highest BCUT2D eigenvalue weighted by molar-refractivity contribution is 5.94. The summed E-state index contributed by atoms with van der Waals surface area (Å²) in [4.78, 5) is 23.8. The Morgan fingerprint density at radius 2 is 1.87 bits per heavy atom. The second-order valence-electron chi connectivity index (χ2n) is 7.66. The summed E-state index contributed by atoms with van der Waals surface area (Å²) in [5.74, 6) is 1.89. The summed E-state index contributed by atoms with van der Waals surface area (Å²) in [7, 11) is 0. The number of hydrogen-bond acceptors (Lipinski definition) is 5. The molecule has 152 valence electrons. The van der Waals surface area contributed by atoms with E-state index in [0.29, 0.717) is 23.9 Å². The smallest absolute Gasteiger partial charge is 0.338 e. The van der Waals surface area contributed by atoms with Gasteiger partial charge in [0.25, 0.3) is 0 Å². The first kappa shape index (κ1) is 18.6. The van der Waals surface area contributed by atoms with Gasteiger partial charge >= 0.3 is 5.97 Å². The second kappa shape index (κ2) is 7.78. The van der Waals surface area contributed by atoms with Crippen molar-refractivity contribution in [2.75, 3.05) is 24.6 Å². The van der Waals surface area contributed by atoms with Crippen LogP contribution in [-0.4, -0.2) is 40.0 Å². The Balaban J connectivity index is 1.38. The second-order valence-corrected chi connectivity index (χ2v) is 7.66. The summed E-state index contributed by atoms with van der Waals surface area (Å²) < 4.78 is 7.06. The van der Waals surface area contributed by atoms with Crippen molar-refractivity contribution < 1.29 is 9.53 Å². The fraction of sp³-hybridized carbons (Fsp3) is 0.292. The topological polar surface area (TPSA) is 59.7 Å². The minimum Gasteiger partial charge on any atom is -0.462 e. The van der Waals surface area contributed by atoms with Gasteiger partial charge in [-0.25, -0.2) is 9.78 Å². The molecule has 0 atom stereocenters. The maximum absolute atomic E-state index is 12.0. The van der Waals surface area contributed by atoms with Gasteiger partial charge in [-0.3, -0.25) is 4.40 Å². The number of imidazole rings is 1. The maximum Gasteiger partial charge on any atom is 0.338 e. The number of aromatic nitrogens is 3. The predicted molar refractivity (Wildman–Crippen MR) is 117 cm³/mol. The van der Waals surface area contributed by atoms with Crippen LogP contribution in [0.5, 0.6) is 0 Å². The van der Waals surface area contributed by atoms with E-state index in [1.165, 1.54) is 5.56 Å². The summed E-state index contributed by atoms with van der Waals surface area (Å²) in [6.07, 6.45) is 4.26. The van der Waals surface area contributed by atoms with E-state index >= 15 is 0 Å². The van der Waals surface area contributed by atoms with Crippen molar-refractivity contribution in [3.63, 3.8) is 0 Å². The van der Waals surface area contributed by atoms with Crippen molar-refractivity contribution >= 4 is 28.6 Å². The summed E-state index contributed by atoms with van der Waals surface area (Å²) in [6, 6.07) is 18.3. The highest BCUT2D eigenvalue weighted by atomic mass is 16.5. The number of nitrogens with zero attached hydrogens (tertiary/aromatic N) is 4. The van der Waals surface area contributed by atoms with Crippen LogP contribution in [0.1, 0.15) is 41.6 Å². The molecule has 30 heavy (non-hydrogen) atoms. The fourth-order valence-electron chi connectivity index (χ4n) is 4.28. The number of fused-ring (bicyclic) bond motifs is 3. The summed E-state index contributed by atoms with van der Waals surface area (Å²) in [6.45, 7) is 4.12. The Labute approximate surface area is 175 Å². The molecule has 0 N–H and O–H groups in total. The number of esters is 1. The van der Waals surface area contributed by atoms with E-state index in [1.54, 1.807) is 19.1 Å². The van der Waals surface area contributed by atoms with Crippen molar-refractivity contribution in [2.45, 2.75) is 25.7 Å². The van der Waals surface area contributed by atoms with Crippen LogP contribution in [0.4, 0.5) is 5.82 Å². The molecule has 4 aromatic rings. The molecular weight excluding hydrogens is 376 g/mol. The SMILES string of the molecule is CCOC(=O)c1ccc2c(c1)nc1nc(N3CCC(c4ccccc4)CC3)ccn12. The van der Waals surface area contributed by atoms with Gasteiger partial charge < -0.3 is 9.64 Å². The monoisotopic (exact) mass is 400 g/mol. The maximum atomic E-state index is 12.0. The minimum atomic E-state index is -0.327. The molecule has 1 saturated heterocycles. The Morgan fingerprint density at radius 3 is 2.63 bits per heavy atom. The van der Waals surface area contributed by atoms with Crippen LogP contribution in [0.2, 0.25) is 0 Å². The van der Waals surface area contributed by atoms with Gasteiger partial charge in [0, 0.05) is 19.3 Å². The molecule has 5 rings (SSSR count). The highest BCUT2D eigenvalue weighted by Gasteiger charge is 2.22. The Hall–Kier alpha value is -3.41. The van der Waals surface area contributed by atoms with E-state index in [2.05, 4.69) is 46.3 Å². The van der Waals surface area contributed by atoms with Gasteiger partial charge in [0.15, 0.2) is 0 Å². The third kappa shape index (κ3) is 3.38. The molecule has 0 radical (unpaired) electrons. The molecule has 0 amide bonds. The van der Waals surface area contributed by atoms with E-state index in [4.69, 9.17) is 9.72 Å². The van der Waals surface area contributed by atoms with E-state index in [9.17, 15) is 4.79 Å². The molecule has 3 heterocycles. The molecular formula is C24H24N4O2. The molecule has 6 heteroatoms. The molecule has 1 fully saturated rings. The summed E-state index contributed by atoms with van der Waals surface area (Å²) >= 11 is 0. The van der Waals surface area contributed by atoms with Gasteiger partial charge in [-0.1, -0.05) is 30.3 Å². The van der Waals surface area contributed by atoms with Gasteiger partial charge in [0.1, 0.15) is 5.82 Å². The lowest BCUT2D eigenvalue weighted by atomic mass is 9.89. The van der Waals surface area contributed by atoms with Crippen LogP contribution in [0, 0.1) is 0 Å². The van der Waals surface area contributed by atoms with E-state index in [0.717, 1.165) is 42.8 Å². The molecule has 1 aliphatic rings. The molecule has 0 unspecified atom stereocenters. The van der Waals surface area contributed by atoms with E-state index < -0.39 is 0 Å². The molecule has 0 aliphatic carbocycles. The third-order valence-corrected chi connectivity index (χ3v) is 5.86. The molecule has 1 aliphatic heterocycles. The Kier molecular flexibility index (Phi) is 4.83. The lowest BCUT2D eigenvalue weighted by molar-refractivity contribution is 0.0526. The van der Waals surface area contributed by atoms with Gasteiger partial charge in [0.05, 0.1) is 23.2 Å². The number of carbonyl (C=O) groups is 1. The van der Waals surface area contributed by atoms with Gasteiger partial charge in [-0.15, -0.1) is 0 Å². The Morgan fingerprint density at radius 1 is 1.07 bits per heavy atom. The summed E-state index contributed by atoms with van der Waals surface area (Å²) in [5, 5.41) is 0. The predicted octanol–water partition coefficient (Wildman–Crippen LogP) is 4.44. The van der Waals surface area contributed by atoms with E-state index in [-0.39, 0.29) is 5.97 Å². The lowest BCUT2D eigenvalue weighted by Gasteiger charge is -2.33. The number of anilines is 1. The number of piperidine rings is 1. The van der Waals surface area contributed by atoms with Crippen LogP contribution < -0.4 is 4.90 Å². The highest BCUT2D eigenvalue weighted by Crippen LogP contribution is 2.30. The van der Waals surface area contributed by atoms with Crippen LogP contribution in [-0.2, 0) is 4.74 Å². The zero-order valence-corrected chi connectivity index (χ0v) is 17.0. The van der Waals surface area contributed by atoms with Crippen LogP contribution in [0.3, 0.4) is 0 Å². The first-order chi connectivity index (χ1) is 14.7. The molecule has 0 saturated carbocycles. The van der Waals surface area contributed by atoms with E-state index in [1.807, 2.05) is 16.7 Å². The Bertz CT molecular complexity index is 1190. The quantitative estimate of drug-likeness (QED) is 0.474. The lowest BCUT2D eigenvalue weighted by Crippen LogP contribution is -2.33. The minimum absolute atomic E-state index is 0.327.